The third-order valence-electron chi connectivity index (χ3n) is 4.91. The third-order valence-corrected chi connectivity index (χ3v) is 4.91. The molecule has 5 heteroatoms. The average Bonchev–Trinajstić information content (AvgIpc) is 3.19. The number of aromatic nitrogens is 2. The summed E-state index contributed by atoms with van der Waals surface area (Å²) in [4.78, 5) is 14.6. The van der Waals surface area contributed by atoms with Crippen molar-refractivity contribution in [3.8, 4) is 11.3 Å². The van der Waals surface area contributed by atoms with Crippen LogP contribution in [0.1, 0.15) is 34.8 Å². The number of H-pyrrole nitrogens is 1. The molecule has 1 amide bonds. The van der Waals surface area contributed by atoms with Crippen LogP contribution in [0.15, 0.2) is 60.7 Å². The Morgan fingerprint density at radius 3 is 2.65 bits per heavy atom. The molecule has 4 nitrogen and oxygen atoms in total. The topological polar surface area (TPSA) is 49.0 Å². The Labute approximate surface area is 151 Å². The molecule has 132 valence electrons. The van der Waals surface area contributed by atoms with E-state index in [-0.39, 0.29) is 17.6 Å². The summed E-state index contributed by atoms with van der Waals surface area (Å²) in [6.07, 6.45) is 1.98. The Kier molecular flexibility index (Phi) is 4.52. The second-order valence-electron chi connectivity index (χ2n) is 6.67. The van der Waals surface area contributed by atoms with Gasteiger partial charge in [0.1, 0.15) is 5.82 Å². The zero-order chi connectivity index (χ0) is 17.9. The molecule has 1 atom stereocenters. The Morgan fingerprint density at radius 1 is 1.12 bits per heavy atom. The Balaban J connectivity index is 1.50. The molecule has 0 radical (unpaired) electrons. The van der Waals surface area contributed by atoms with Crippen LogP contribution in [-0.4, -0.2) is 34.1 Å². The lowest BCUT2D eigenvalue weighted by molar-refractivity contribution is 0.0706. The number of likely N-dealkylation sites (tertiary alicyclic amines) is 1. The molecule has 1 N–H and O–H groups in total. The van der Waals surface area contributed by atoms with Gasteiger partial charge in [0, 0.05) is 35.8 Å². The maximum atomic E-state index is 13.1. The Morgan fingerprint density at radius 2 is 1.88 bits per heavy atom. The summed E-state index contributed by atoms with van der Waals surface area (Å²) >= 11 is 0. The molecule has 1 fully saturated rings. The first-order chi connectivity index (χ1) is 12.7. The molecule has 0 saturated carbocycles. The molecule has 2 heterocycles. The molecule has 2 aromatic carbocycles. The lowest BCUT2D eigenvalue weighted by atomic mass is 9.94. The largest absolute Gasteiger partial charge is 0.338 e. The van der Waals surface area contributed by atoms with Crippen LogP contribution in [0, 0.1) is 5.82 Å². The summed E-state index contributed by atoms with van der Waals surface area (Å²) in [6, 6.07) is 17.7. The van der Waals surface area contributed by atoms with Gasteiger partial charge in [-0.25, -0.2) is 4.39 Å². The molecule has 26 heavy (non-hydrogen) atoms. The second kappa shape index (κ2) is 7.12. The lowest BCUT2D eigenvalue weighted by Gasteiger charge is -2.32. The lowest BCUT2D eigenvalue weighted by Crippen LogP contribution is -2.39. The minimum atomic E-state index is -0.258. The van der Waals surface area contributed by atoms with Crippen molar-refractivity contribution < 1.29 is 9.18 Å². The number of carbonyl (C=O) groups excluding carboxylic acids is 1. The van der Waals surface area contributed by atoms with E-state index in [1.165, 1.54) is 12.1 Å². The van der Waals surface area contributed by atoms with E-state index in [2.05, 4.69) is 10.2 Å². The van der Waals surface area contributed by atoms with Gasteiger partial charge in [0.25, 0.3) is 5.91 Å². The maximum absolute atomic E-state index is 13.1. The highest BCUT2D eigenvalue weighted by Crippen LogP contribution is 2.29. The molecule has 1 unspecified atom stereocenters. The van der Waals surface area contributed by atoms with Crippen molar-refractivity contribution in [2.75, 3.05) is 13.1 Å². The SMILES string of the molecule is O=C(c1ccccc1)N1CCCC(c2cc(-c3ccc(F)cc3)n[nH]2)C1. The number of aromatic amines is 1. The first-order valence-corrected chi connectivity index (χ1v) is 8.86. The summed E-state index contributed by atoms with van der Waals surface area (Å²) in [5, 5.41) is 7.47. The zero-order valence-corrected chi connectivity index (χ0v) is 14.4. The van der Waals surface area contributed by atoms with E-state index < -0.39 is 0 Å². The normalized spacial score (nSPS) is 17.3. The van der Waals surface area contributed by atoms with E-state index in [9.17, 15) is 9.18 Å². The number of hydrogen-bond acceptors (Lipinski definition) is 2. The molecule has 1 aliphatic rings. The van der Waals surface area contributed by atoms with Gasteiger partial charge in [0.15, 0.2) is 0 Å². The number of carbonyl (C=O) groups is 1. The van der Waals surface area contributed by atoms with Crippen LogP contribution in [0.4, 0.5) is 4.39 Å². The Hall–Kier alpha value is -2.95. The average molecular weight is 349 g/mol. The molecule has 4 rings (SSSR count). The highest BCUT2D eigenvalue weighted by Gasteiger charge is 2.26. The fraction of sp³-hybridized carbons (Fsp3) is 0.238. The highest BCUT2D eigenvalue weighted by molar-refractivity contribution is 5.94. The summed E-state index contributed by atoms with van der Waals surface area (Å²) in [5.74, 6) is 0.0542. The number of amides is 1. The fourth-order valence-electron chi connectivity index (χ4n) is 3.49. The maximum Gasteiger partial charge on any atom is 0.253 e. The van der Waals surface area contributed by atoms with E-state index in [0.717, 1.165) is 41.9 Å². The summed E-state index contributed by atoms with van der Waals surface area (Å²) in [5.41, 5.74) is 3.42. The van der Waals surface area contributed by atoms with Crippen LogP contribution >= 0.6 is 0 Å². The number of halogens is 1. The van der Waals surface area contributed by atoms with Gasteiger partial charge in [0.05, 0.1) is 5.69 Å². The van der Waals surface area contributed by atoms with E-state index in [4.69, 9.17) is 0 Å². The van der Waals surface area contributed by atoms with Crippen LogP contribution in [0.5, 0.6) is 0 Å². The summed E-state index contributed by atoms with van der Waals surface area (Å²) in [7, 11) is 0. The predicted octanol–water partition coefficient (Wildman–Crippen LogP) is 4.24. The van der Waals surface area contributed by atoms with E-state index in [1.54, 1.807) is 12.1 Å². The number of benzene rings is 2. The van der Waals surface area contributed by atoms with Gasteiger partial charge in [-0.05, 0) is 55.3 Å². The van der Waals surface area contributed by atoms with E-state index in [1.807, 2.05) is 41.3 Å². The van der Waals surface area contributed by atoms with Gasteiger partial charge >= 0.3 is 0 Å². The minimum Gasteiger partial charge on any atom is -0.338 e. The molecule has 0 spiro atoms. The quantitative estimate of drug-likeness (QED) is 0.769. The van der Waals surface area contributed by atoms with Gasteiger partial charge in [-0.3, -0.25) is 9.89 Å². The zero-order valence-electron chi connectivity index (χ0n) is 14.4. The first-order valence-electron chi connectivity index (χ1n) is 8.86. The van der Waals surface area contributed by atoms with Gasteiger partial charge < -0.3 is 4.90 Å². The standard InChI is InChI=1S/C21H20FN3O/c22-18-10-8-15(9-11-18)19-13-20(24-23-19)17-7-4-12-25(14-17)21(26)16-5-2-1-3-6-16/h1-3,5-6,8-11,13,17H,4,7,12,14H2,(H,23,24). The molecule has 1 aromatic heterocycles. The van der Waals surface area contributed by atoms with Crippen LogP contribution in [0.2, 0.25) is 0 Å². The highest BCUT2D eigenvalue weighted by atomic mass is 19.1. The molecule has 0 bridgehead atoms. The van der Waals surface area contributed by atoms with Crippen molar-refractivity contribution in [1.29, 1.82) is 0 Å². The van der Waals surface area contributed by atoms with E-state index >= 15 is 0 Å². The minimum absolute atomic E-state index is 0.0774. The first kappa shape index (κ1) is 16.5. The molecule has 3 aromatic rings. The summed E-state index contributed by atoms with van der Waals surface area (Å²) in [6.45, 7) is 1.46. The number of piperidine rings is 1. The van der Waals surface area contributed by atoms with Crippen LogP contribution in [-0.2, 0) is 0 Å². The smallest absolute Gasteiger partial charge is 0.253 e. The number of nitrogens with one attached hydrogen (secondary N) is 1. The van der Waals surface area contributed by atoms with Crippen LogP contribution in [0.25, 0.3) is 11.3 Å². The fourth-order valence-corrected chi connectivity index (χ4v) is 3.49. The van der Waals surface area contributed by atoms with Crippen molar-refractivity contribution >= 4 is 5.91 Å². The van der Waals surface area contributed by atoms with Crippen LogP contribution in [0.3, 0.4) is 0 Å². The van der Waals surface area contributed by atoms with Gasteiger partial charge in [-0.15, -0.1) is 0 Å². The monoisotopic (exact) mass is 349 g/mol. The van der Waals surface area contributed by atoms with Crippen LogP contribution < -0.4 is 0 Å². The summed E-state index contributed by atoms with van der Waals surface area (Å²) < 4.78 is 13.1. The second-order valence-corrected chi connectivity index (χ2v) is 6.67. The molecular formula is C21H20FN3O. The van der Waals surface area contributed by atoms with Gasteiger partial charge in [-0.2, -0.15) is 5.10 Å². The third kappa shape index (κ3) is 3.38. The number of rotatable bonds is 3. The molecule has 1 saturated heterocycles. The molecular weight excluding hydrogens is 329 g/mol. The van der Waals surface area contributed by atoms with Crippen molar-refractivity contribution in [2.24, 2.45) is 0 Å². The van der Waals surface area contributed by atoms with Crippen molar-refractivity contribution in [1.82, 2.24) is 15.1 Å². The predicted molar refractivity (Wildman–Crippen MR) is 98.3 cm³/mol. The molecule has 1 aliphatic heterocycles. The molecule has 0 aliphatic carbocycles. The van der Waals surface area contributed by atoms with Gasteiger partial charge in [0.2, 0.25) is 0 Å². The van der Waals surface area contributed by atoms with Crippen molar-refractivity contribution in [2.45, 2.75) is 18.8 Å². The van der Waals surface area contributed by atoms with E-state index in [0.29, 0.717) is 6.54 Å². The van der Waals surface area contributed by atoms with Gasteiger partial charge in [-0.1, -0.05) is 18.2 Å². The number of hydrogen-bond donors (Lipinski definition) is 1. The number of nitrogens with zero attached hydrogens (tertiary/aromatic N) is 2. The Bertz CT molecular complexity index is 889. The van der Waals surface area contributed by atoms with Crippen molar-refractivity contribution in [3.05, 3.63) is 77.7 Å². The van der Waals surface area contributed by atoms with Crippen molar-refractivity contribution in [3.63, 3.8) is 0 Å².